The van der Waals surface area contributed by atoms with Crippen molar-refractivity contribution in [2.45, 2.75) is 16.2 Å². The molecule has 0 bridgehead atoms. The Morgan fingerprint density at radius 2 is 1.64 bits per heavy atom. The van der Waals surface area contributed by atoms with Gasteiger partial charge in [0.05, 0.1) is 10.4 Å². The van der Waals surface area contributed by atoms with Gasteiger partial charge in [0.1, 0.15) is 5.69 Å². The number of hydrogen-bond donors (Lipinski definition) is 0. The molecule has 4 rings (SSSR count). The molecule has 0 radical (unpaired) electrons. The highest BCUT2D eigenvalue weighted by atomic mass is 32.2. The summed E-state index contributed by atoms with van der Waals surface area (Å²) in [6, 6.07) is 18.1. The lowest BCUT2D eigenvalue weighted by atomic mass is 10.2. The molecule has 0 spiro atoms. The van der Waals surface area contributed by atoms with Crippen LogP contribution in [0.1, 0.15) is 5.56 Å². The molecule has 0 saturated heterocycles. The lowest BCUT2D eigenvalue weighted by Crippen LogP contribution is -2.01. The number of sulfone groups is 1. The summed E-state index contributed by atoms with van der Waals surface area (Å²) in [7, 11) is -3.67. The van der Waals surface area contributed by atoms with Crippen LogP contribution in [0.2, 0.25) is 0 Å². The topological polar surface area (TPSA) is 72.8 Å². The van der Waals surface area contributed by atoms with Crippen LogP contribution in [-0.4, -0.2) is 22.8 Å². The van der Waals surface area contributed by atoms with Crippen molar-refractivity contribution < 1.29 is 8.42 Å². The molecule has 124 valence electrons. The van der Waals surface area contributed by atoms with E-state index in [0.717, 1.165) is 28.0 Å². The average molecular weight is 367 g/mol. The van der Waals surface area contributed by atoms with E-state index in [1.807, 2.05) is 37.3 Å². The van der Waals surface area contributed by atoms with E-state index in [2.05, 4.69) is 14.3 Å². The summed E-state index contributed by atoms with van der Waals surface area (Å²) in [5.41, 5.74) is 2.37. The molecular weight excluding hydrogens is 354 g/mol. The zero-order valence-electron chi connectivity index (χ0n) is 13.2. The average Bonchev–Trinajstić information content (AvgIpc) is 3.13. The van der Waals surface area contributed by atoms with E-state index in [1.54, 1.807) is 30.3 Å². The van der Waals surface area contributed by atoms with Gasteiger partial charge in [-0.2, -0.15) is 4.37 Å². The van der Waals surface area contributed by atoms with E-state index in [-0.39, 0.29) is 9.24 Å². The van der Waals surface area contributed by atoms with Gasteiger partial charge in [-0.1, -0.05) is 42.0 Å². The number of para-hydroxylation sites is 1. The van der Waals surface area contributed by atoms with Gasteiger partial charge in [0.2, 0.25) is 14.2 Å². The second kappa shape index (κ2) is 6.02. The first-order valence-corrected chi connectivity index (χ1v) is 9.81. The zero-order chi connectivity index (χ0) is 17.4. The second-order valence-corrected chi connectivity index (χ2v) is 8.46. The summed E-state index contributed by atoms with van der Waals surface area (Å²) in [5, 5.41) is 1.01. The Morgan fingerprint density at radius 3 is 2.44 bits per heavy atom. The Bertz CT molecular complexity index is 1170. The molecule has 0 unspecified atom stereocenters. The zero-order valence-corrected chi connectivity index (χ0v) is 14.9. The molecule has 25 heavy (non-hydrogen) atoms. The number of aryl methyl sites for hydroxylation is 1. The van der Waals surface area contributed by atoms with E-state index < -0.39 is 9.84 Å². The van der Waals surface area contributed by atoms with Crippen molar-refractivity contribution in [3.8, 4) is 11.5 Å². The molecule has 4 aromatic rings. The standard InChI is InChI=1S/C18H13N3O2S2/c1-12-6-9-14(10-7-12)25(22,23)18-20-17(21-24-18)16-11-8-13-4-2-3-5-15(13)19-16/h2-11H,1H3. The smallest absolute Gasteiger partial charge is 0.235 e. The predicted molar refractivity (Wildman–Crippen MR) is 97.3 cm³/mol. The van der Waals surface area contributed by atoms with Crippen molar-refractivity contribution in [3.05, 3.63) is 66.2 Å². The number of aromatic nitrogens is 3. The largest absolute Gasteiger partial charge is 0.244 e. The molecule has 0 atom stereocenters. The molecule has 0 amide bonds. The molecule has 2 aromatic carbocycles. The summed E-state index contributed by atoms with van der Waals surface area (Å²) in [6.45, 7) is 1.91. The Hall–Kier alpha value is -2.64. The van der Waals surface area contributed by atoms with Crippen LogP contribution in [-0.2, 0) is 9.84 Å². The van der Waals surface area contributed by atoms with E-state index in [1.165, 1.54) is 0 Å². The van der Waals surface area contributed by atoms with Crippen LogP contribution in [0, 0.1) is 6.92 Å². The van der Waals surface area contributed by atoms with Crippen LogP contribution in [0.5, 0.6) is 0 Å². The fourth-order valence-corrected chi connectivity index (χ4v) is 4.55. The highest BCUT2D eigenvalue weighted by Crippen LogP contribution is 2.26. The molecule has 0 saturated carbocycles. The third kappa shape index (κ3) is 2.92. The van der Waals surface area contributed by atoms with Gasteiger partial charge < -0.3 is 0 Å². The van der Waals surface area contributed by atoms with Gasteiger partial charge in [-0.3, -0.25) is 0 Å². The summed E-state index contributed by atoms with van der Waals surface area (Å²) < 4.78 is 29.5. The molecule has 0 aliphatic rings. The van der Waals surface area contributed by atoms with E-state index in [0.29, 0.717) is 11.5 Å². The first kappa shape index (κ1) is 15.9. The molecular formula is C18H13N3O2S2. The summed E-state index contributed by atoms with van der Waals surface area (Å²) in [4.78, 5) is 8.94. The summed E-state index contributed by atoms with van der Waals surface area (Å²) in [6.07, 6.45) is 0. The maximum absolute atomic E-state index is 12.7. The molecule has 5 nitrogen and oxygen atoms in total. The van der Waals surface area contributed by atoms with Crippen molar-refractivity contribution in [3.63, 3.8) is 0 Å². The SMILES string of the molecule is Cc1ccc(S(=O)(=O)c2nc(-c3ccc4ccccc4n3)ns2)cc1. The monoisotopic (exact) mass is 367 g/mol. The van der Waals surface area contributed by atoms with Crippen molar-refractivity contribution >= 4 is 32.3 Å². The highest BCUT2D eigenvalue weighted by Gasteiger charge is 2.23. The highest BCUT2D eigenvalue weighted by molar-refractivity contribution is 7.93. The third-order valence-corrected chi connectivity index (χ3v) is 6.63. The minimum atomic E-state index is -3.67. The van der Waals surface area contributed by atoms with E-state index in [9.17, 15) is 8.42 Å². The number of pyridine rings is 1. The molecule has 2 heterocycles. The van der Waals surface area contributed by atoms with Gasteiger partial charge in [0.15, 0.2) is 5.82 Å². The molecule has 0 N–H and O–H groups in total. The van der Waals surface area contributed by atoms with Gasteiger partial charge in [-0.25, -0.2) is 18.4 Å². The van der Waals surface area contributed by atoms with Crippen LogP contribution >= 0.6 is 11.5 Å². The molecule has 2 aromatic heterocycles. The first-order chi connectivity index (χ1) is 12.0. The minimum Gasteiger partial charge on any atom is -0.244 e. The summed E-state index contributed by atoms with van der Waals surface area (Å²) >= 11 is 0.867. The lowest BCUT2D eigenvalue weighted by molar-refractivity contribution is 0.595. The van der Waals surface area contributed by atoms with Gasteiger partial charge in [-0.15, -0.1) is 0 Å². The Morgan fingerprint density at radius 1 is 0.880 bits per heavy atom. The maximum atomic E-state index is 12.7. The lowest BCUT2D eigenvalue weighted by Gasteiger charge is -2.01. The normalized spacial score (nSPS) is 11.7. The van der Waals surface area contributed by atoms with Crippen molar-refractivity contribution in [1.82, 2.24) is 14.3 Å². The fraction of sp³-hybridized carbons (Fsp3) is 0.0556. The van der Waals surface area contributed by atoms with Crippen LogP contribution < -0.4 is 0 Å². The Balaban J connectivity index is 1.75. The van der Waals surface area contributed by atoms with Gasteiger partial charge in [0, 0.05) is 5.39 Å². The van der Waals surface area contributed by atoms with Gasteiger partial charge >= 0.3 is 0 Å². The molecule has 0 fully saturated rings. The van der Waals surface area contributed by atoms with Crippen LogP contribution in [0.3, 0.4) is 0 Å². The molecule has 7 heteroatoms. The van der Waals surface area contributed by atoms with Crippen LogP contribution in [0.15, 0.2) is 69.9 Å². The van der Waals surface area contributed by atoms with E-state index in [4.69, 9.17) is 0 Å². The number of rotatable bonds is 3. The number of fused-ring (bicyclic) bond motifs is 1. The van der Waals surface area contributed by atoms with Gasteiger partial charge in [-0.05, 0) is 42.7 Å². The quantitative estimate of drug-likeness (QED) is 0.549. The first-order valence-electron chi connectivity index (χ1n) is 7.56. The van der Waals surface area contributed by atoms with Gasteiger partial charge in [0.25, 0.3) is 0 Å². The Labute approximate surface area is 149 Å². The minimum absolute atomic E-state index is 0.0266. The molecule has 0 aliphatic heterocycles. The van der Waals surface area contributed by atoms with Crippen LogP contribution in [0.4, 0.5) is 0 Å². The number of nitrogens with zero attached hydrogens (tertiary/aromatic N) is 3. The third-order valence-electron chi connectivity index (χ3n) is 3.80. The number of benzene rings is 2. The maximum Gasteiger partial charge on any atom is 0.235 e. The summed E-state index contributed by atoms with van der Waals surface area (Å²) in [5.74, 6) is 0.321. The van der Waals surface area contributed by atoms with Crippen molar-refractivity contribution in [2.75, 3.05) is 0 Å². The fourth-order valence-electron chi connectivity index (χ4n) is 2.43. The van der Waals surface area contributed by atoms with Crippen LogP contribution in [0.25, 0.3) is 22.4 Å². The predicted octanol–water partition coefficient (Wildman–Crippen LogP) is 3.89. The van der Waals surface area contributed by atoms with E-state index >= 15 is 0 Å². The van der Waals surface area contributed by atoms with Crippen molar-refractivity contribution in [1.29, 1.82) is 0 Å². The number of hydrogen-bond acceptors (Lipinski definition) is 6. The van der Waals surface area contributed by atoms with Crippen molar-refractivity contribution in [2.24, 2.45) is 0 Å². The second-order valence-electron chi connectivity index (χ2n) is 5.59. The molecule has 0 aliphatic carbocycles. The Kier molecular flexibility index (Phi) is 3.82.